The van der Waals surface area contributed by atoms with Crippen LogP contribution in [0.25, 0.3) is 0 Å². The maximum Gasteiger partial charge on any atom is 0.274 e. The van der Waals surface area contributed by atoms with E-state index in [1.165, 1.54) is 12.1 Å². The third-order valence-electron chi connectivity index (χ3n) is 4.52. The molecule has 5 nitrogen and oxygen atoms in total. The van der Waals surface area contributed by atoms with Gasteiger partial charge in [0.1, 0.15) is 5.82 Å². The Hall–Kier alpha value is -2.76. The first-order valence-corrected chi connectivity index (χ1v) is 8.30. The highest BCUT2D eigenvalue weighted by Gasteiger charge is 2.17. The third kappa shape index (κ3) is 3.68. The monoisotopic (exact) mass is 341 g/mol. The highest BCUT2D eigenvalue weighted by Crippen LogP contribution is 2.27. The summed E-state index contributed by atoms with van der Waals surface area (Å²) in [4.78, 5) is 16.9. The molecule has 0 bridgehead atoms. The highest BCUT2D eigenvalue weighted by atomic mass is 19.1. The molecule has 2 aromatic carbocycles. The number of anilines is 1. The zero-order valence-corrected chi connectivity index (χ0v) is 14.3. The number of benzene rings is 2. The number of halogens is 1. The van der Waals surface area contributed by atoms with E-state index >= 15 is 0 Å². The summed E-state index contributed by atoms with van der Waals surface area (Å²) in [7, 11) is 0. The van der Waals surface area contributed by atoms with Crippen LogP contribution in [0.4, 0.5) is 21.5 Å². The van der Waals surface area contributed by atoms with Gasteiger partial charge in [0.2, 0.25) is 0 Å². The molecule has 1 aliphatic rings. The van der Waals surface area contributed by atoms with Crippen molar-refractivity contribution in [3.63, 3.8) is 0 Å². The average Bonchev–Trinajstić information content (AvgIpc) is 3.10. The zero-order chi connectivity index (χ0) is 18.0. The van der Waals surface area contributed by atoms with E-state index in [1.807, 2.05) is 13.0 Å². The fourth-order valence-corrected chi connectivity index (χ4v) is 3.04. The predicted molar refractivity (Wildman–Crippen MR) is 97.7 cm³/mol. The number of rotatable bonds is 4. The Morgan fingerprint density at radius 3 is 2.56 bits per heavy atom. The minimum absolute atomic E-state index is 0.0296. The van der Waals surface area contributed by atoms with Crippen molar-refractivity contribution in [3.8, 4) is 0 Å². The molecule has 3 rings (SSSR count). The summed E-state index contributed by atoms with van der Waals surface area (Å²) >= 11 is 0. The van der Waals surface area contributed by atoms with Crippen LogP contribution in [0.15, 0.2) is 35.3 Å². The Bertz CT molecular complexity index is 843. The van der Waals surface area contributed by atoms with Gasteiger partial charge in [0, 0.05) is 30.9 Å². The molecule has 130 valence electrons. The number of nitrogens with zero attached hydrogens (tertiary/aromatic N) is 3. The van der Waals surface area contributed by atoms with Crippen molar-refractivity contribution in [2.24, 2.45) is 4.99 Å². The van der Waals surface area contributed by atoms with Crippen LogP contribution in [-0.2, 0) is 0 Å². The van der Waals surface area contributed by atoms with Crippen LogP contribution in [-0.4, -0.2) is 24.2 Å². The van der Waals surface area contributed by atoms with Gasteiger partial charge in [-0.1, -0.05) is 6.07 Å². The molecule has 1 fully saturated rings. The van der Waals surface area contributed by atoms with Gasteiger partial charge in [-0.25, -0.2) is 4.39 Å². The Kier molecular flexibility index (Phi) is 4.79. The quantitative estimate of drug-likeness (QED) is 0.460. The predicted octanol–water partition coefficient (Wildman–Crippen LogP) is 4.70. The van der Waals surface area contributed by atoms with Crippen molar-refractivity contribution < 1.29 is 9.31 Å². The van der Waals surface area contributed by atoms with E-state index in [2.05, 4.69) is 9.89 Å². The standard InChI is InChI=1S/C19H20FN3O2/c1-13-5-6-16(11-18(13)23(24)25)21-12-15-10-17(20)19(9-14(15)2)22-7-3-4-8-22/h5-6,9-12H,3-4,7-8H2,1-2H3. The lowest BCUT2D eigenvalue weighted by Crippen LogP contribution is -2.19. The molecule has 0 N–H and O–H groups in total. The summed E-state index contributed by atoms with van der Waals surface area (Å²) < 4.78 is 14.4. The van der Waals surface area contributed by atoms with Gasteiger partial charge in [-0.15, -0.1) is 0 Å². The van der Waals surface area contributed by atoms with E-state index in [0.29, 0.717) is 22.5 Å². The van der Waals surface area contributed by atoms with Crippen molar-refractivity contribution in [1.29, 1.82) is 0 Å². The maximum absolute atomic E-state index is 14.4. The minimum Gasteiger partial charge on any atom is -0.369 e. The summed E-state index contributed by atoms with van der Waals surface area (Å²) in [5.74, 6) is -0.260. The molecular weight excluding hydrogens is 321 g/mol. The van der Waals surface area contributed by atoms with Gasteiger partial charge in [-0.3, -0.25) is 15.1 Å². The highest BCUT2D eigenvalue weighted by molar-refractivity contribution is 5.85. The second-order valence-corrected chi connectivity index (χ2v) is 6.34. The molecule has 0 unspecified atom stereocenters. The molecule has 25 heavy (non-hydrogen) atoms. The topological polar surface area (TPSA) is 58.7 Å². The summed E-state index contributed by atoms with van der Waals surface area (Å²) in [6, 6.07) is 8.13. The lowest BCUT2D eigenvalue weighted by atomic mass is 10.1. The molecule has 1 heterocycles. The van der Waals surface area contributed by atoms with E-state index in [9.17, 15) is 14.5 Å². The largest absolute Gasteiger partial charge is 0.369 e. The summed E-state index contributed by atoms with van der Waals surface area (Å²) in [6.45, 7) is 5.37. The lowest BCUT2D eigenvalue weighted by molar-refractivity contribution is -0.385. The van der Waals surface area contributed by atoms with Crippen LogP contribution in [0.1, 0.15) is 29.5 Å². The van der Waals surface area contributed by atoms with Crippen molar-refractivity contribution >= 4 is 23.3 Å². The van der Waals surface area contributed by atoms with Crippen LogP contribution in [0.2, 0.25) is 0 Å². The normalized spacial score (nSPS) is 14.4. The molecule has 6 heteroatoms. The first kappa shape index (κ1) is 17.1. The Labute approximate surface area is 146 Å². The van der Waals surface area contributed by atoms with Crippen molar-refractivity contribution in [2.75, 3.05) is 18.0 Å². The van der Waals surface area contributed by atoms with E-state index < -0.39 is 4.92 Å². The molecule has 2 aromatic rings. The molecule has 0 spiro atoms. The molecule has 0 atom stereocenters. The summed E-state index contributed by atoms with van der Waals surface area (Å²) in [6.07, 6.45) is 3.74. The Balaban J connectivity index is 1.87. The van der Waals surface area contributed by atoms with Crippen LogP contribution in [0.5, 0.6) is 0 Å². The summed E-state index contributed by atoms with van der Waals surface area (Å²) in [5.41, 5.74) is 3.32. The first-order chi connectivity index (χ1) is 12.0. The van der Waals surface area contributed by atoms with Gasteiger partial charge in [0.05, 0.1) is 16.3 Å². The van der Waals surface area contributed by atoms with Gasteiger partial charge < -0.3 is 4.90 Å². The first-order valence-electron chi connectivity index (χ1n) is 8.30. The van der Waals surface area contributed by atoms with Gasteiger partial charge in [0.25, 0.3) is 5.69 Å². The van der Waals surface area contributed by atoms with Gasteiger partial charge in [0.15, 0.2) is 0 Å². The van der Waals surface area contributed by atoms with Crippen LogP contribution in [0, 0.1) is 29.8 Å². The molecule has 1 aliphatic heterocycles. The van der Waals surface area contributed by atoms with E-state index in [4.69, 9.17) is 0 Å². The number of nitro groups is 1. The van der Waals surface area contributed by atoms with E-state index in [-0.39, 0.29) is 11.5 Å². The van der Waals surface area contributed by atoms with Gasteiger partial charge in [-0.05, 0) is 56.0 Å². The Morgan fingerprint density at radius 1 is 1.16 bits per heavy atom. The lowest BCUT2D eigenvalue weighted by Gasteiger charge is -2.19. The average molecular weight is 341 g/mol. The van der Waals surface area contributed by atoms with Crippen LogP contribution < -0.4 is 4.90 Å². The van der Waals surface area contributed by atoms with Crippen molar-refractivity contribution in [2.45, 2.75) is 26.7 Å². The number of aliphatic imine (C=N–C) groups is 1. The number of nitro benzene ring substituents is 1. The number of hydrogen-bond acceptors (Lipinski definition) is 4. The second-order valence-electron chi connectivity index (χ2n) is 6.34. The van der Waals surface area contributed by atoms with E-state index in [1.54, 1.807) is 25.3 Å². The third-order valence-corrected chi connectivity index (χ3v) is 4.52. The smallest absolute Gasteiger partial charge is 0.274 e. The van der Waals surface area contributed by atoms with Crippen LogP contribution >= 0.6 is 0 Å². The number of aryl methyl sites for hydroxylation is 2. The molecule has 0 amide bonds. The van der Waals surface area contributed by atoms with Crippen molar-refractivity contribution in [1.82, 2.24) is 0 Å². The molecule has 0 saturated carbocycles. The molecule has 0 aliphatic carbocycles. The fourth-order valence-electron chi connectivity index (χ4n) is 3.04. The molecular formula is C19H20FN3O2. The number of hydrogen-bond donors (Lipinski definition) is 0. The maximum atomic E-state index is 14.4. The van der Waals surface area contributed by atoms with Crippen LogP contribution in [0.3, 0.4) is 0 Å². The van der Waals surface area contributed by atoms with Crippen molar-refractivity contribution in [3.05, 3.63) is 63.0 Å². The van der Waals surface area contributed by atoms with Gasteiger partial charge >= 0.3 is 0 Å². The van der Waals surface area contributed by atoms with E-state index in [0.717, 1.165) is 31.5 Å². The zero-order valence-electron chi connectivity index (χ0n) is 14.3. The SMILES string of the molecule is Cc1cc(N2CCCC2)c(F)cc1C=Nc1ccc(C)c([N+](=O)[O-])c1. The molecule has 0 aromatic heterocycles. The fraction of sp³-hybridized carbons (Fsp3) is 0.316. The molecule has 0 radical (unpaired) electrons. The minimum atomic E-state index is -0.426. The second kappa shape index (κ2) is 7.01. The van der Waals surface area contributed by atoms with Gasteiger partial charge in [-0.2, -0.15) is 0 Å². The summed E-state index contributed by atoms with van der Waals surface area (Å²) in [5, 5.41) is 11.0. The molecule has 1 saturated heterocycles. The Morgan fingerprint density at radius 2 is 1.88 bits per heavy atom.